The number of hydrogen-bond donors (Lipinski definition) is 2. The first-order chi connectivity index (χ1) is 6.16. The van der Waals surface area contributed by atoms with Crippen LogP contribution >= 0.6 is 7.14 Å². The molecule has 0 bridgehead atoms. The van der Waals surface area contributed by atoms with E-state index in [0.29, 0.717) is 19.4 Å². The molecule has 0 atom stereocenters. The van der Waals surface area contributed by atoms with Crippen molar-refractivity contribution in [2.24, 2.45) is 5.73 Å². The van der Waals surface area contributed by atoms with Crippen molar-refractivity contribution in [3.8, 4) is 0 Å². The van der Waals surface area contributed by atoms with Gasteiger partial charge in [0.2, 0.25) is 0 Å². The molecule has 8 heteroatoms. The van der Waals surface area contributed by atoms with Gasteiger partial charge < -0.3 is 0 Å². The molecule has 1 aliphatic heterocycles. The fraction of sp³-hybridized carbons (Fsp3) is 1.00. The third-order valence-electron chi connectivity index (χ3n) is 1.49. The van der Waals surface area contributed by atoms with Crippen molar-refractivity contribution in [3.63, 3.8) is 0 Å². The summed E-state index contributed by atoms with van der Waals surface area (Å²) in [5.41, 5.74) is 5.25. The average molecular weight is 275 g/mol. The van der Waals surface area contributed by atoms with Gasteiger partial charge in [-0.15, -0.1) is 0 Å². The van der Waals surface area contributed by atoms with Crippen LogP contribution in [-0.4, -0.2) is 46.6 Å². The Morgan fingerprint density at radius 2 is 2.08 bits per heavy atom. The average Bonchev–Trinajstić information content (AvgIpc) is 2.12. The molecule has 1 rings (SSSR count). The summed E-state index contributed by atoms with van der Waals surface area (Å²) >= 11 is -2.57. The molecule has 3 N–H and O–H groups in total. The van der Waals surface area contributed by atoms with Crippen LogP contribution in [0.1, 0.15) is 0 Å². The Morgan fingerprint density at radius 1 is 1.46 bits per heavy atom. The van der Waals surface area contributed by atoms with Gasteiger partial charge in [-0.2, -0.15) is 0 Å². The van der Waals surface area contributed by atoms with E-state index in [-0.39, 0.29) is 12.7 Å². The monoisotopic (exact) mass is 276 g/mol. The van der Waals surface area contributed by atoms with Crippen LogP contribution in [0.25, 0.3) is 0 Å². The molecule has 0 amide bonds. The summed E-state index contributed by atoms with van der Waals surface area (Å²) in [5.74, 6) is 0. The van der Waals surface area contributed by atoms with E-state index in [9.17, 15) is 8.40 Å². The summed E-state index contributed by atoms with van der Waals surface area (Å²) in [4.78, 5) is 0. The van der Waals surface area contributed by atoms with Gasteiger partial charge in [0.1, 0.15) is 0 Å². The van der Waals surface area contributed by atoms with Gasteiger partial charge in [0, 0.05) is 0 Å². The molecular formula is C5H13N2O4PSe. The van der Waals surface area contributed by atoms with Crippen molar-refractivity contribution < 1.29 is 16.0 Å². The Labute approximate surface area is 81.3 Å². The minimum absolute atomic E-state index is 0.0543. The summed E-state index contributed by atoms with van der Waals surface area (Å²) in [5, 5.41) is 2.92. The molecule has 1 heterocycles. The zero-order chi connectivity index (χ0) is 9.73. The molecule has 0 radical (unpaired) electrons. The first-order valence-electron chi connectivity index (χ1n) is 3.82. The zero-order valence-electron chi connectivity index (χ0n) is 7.10. The van der Waals surface area contributed by atoms with Gasteiger partial charge in [-0.25, -0.2) is 0 Å². The summed E-state index contributed by atoms with van der Waals surface area (Å²) in [6.07, 6.45) is 0.445. The summed E-state index contributed by atoms with van der Waals surface area (Å²) < 4.78 is 31.9. The van der Waals surface area contributed by atoms with Crippen LogP contribution < -0.4 is 11.1 Å². The molecular weight excluding hydrogens is 262 g/mol. The van der Waals surface area contributed by atoms with Gasteiger partial charge in [0.15, 0.2) is 0 Å². The Morgan fingerprint density at radius 3 is 2.62 bits per heavy atom. The summed E-state index contributed by atoms with van der Waals surface area (Å²) in [6, 6.07) is 0. The molecule has 0 saturated carbocycles. The first kappa shape index (κ1) is 11.5. The molecule has 0 aromatic carbocycles. The maximum absolute atomic E-state index is 11.8. The Kier molecular flexibility index (Phi) is 4.69. The predicted molar refractivity (Wildman–Crippen MR) is 47.9 cm³/mol. The van der Waals surface area contributed by atoms with Gasteiger partial charge in [-0.3, -0.25) is 0 Å². The van der Waals surface area contributed by atoms with Gasteiger partial charge in [0.25, 0.3) is 0 Å². The van der Waals surface area contributed by atoms with E-state index < -0.39 is 21.6 Å². The third kappa shape index (κ3) is 3.95. The molecule has 78 valence electrons. The normalized spacial score (nSPS) is 34.7. The summed E-state index contributed by atoms with van der Waals surface area (Å²) in [7, 11) is -2.46. The van der Waals surface area contributed by atoms with E-state index in [4.69, 9.17) is 13.4 Å². The van der Waals surface area contributed by atoms with Gasteiger partial charge in [-0.1, -0.05) is 0 Å². The fourth-order valence-corrected chi connectivity index (χ4v) is 5.85. The van der Waals surface area contributed by atoms with E-state index in [2.05, 4.69) is 5.32 Å². The SMILES string of the molecule is NCCNCP1(=O)CO[Se](=O)OC1. The van der Waals surface area contributed by atoms with Gasteiger partial charge >= 0.3 is 80.8 Å². The molecule has 1 saturated heterocycles. The number of rotatable bonds is 4. The van der Waals surface area contributed by atoms with Crippen LogP contribution in [0.15, 0.2) is 0 Å². The molecule has 0 aromatic rings. The Bertz CT molecular complexity index is 223. The molecule has 0 unspecified atom stereocenters. The fourth-order valence-electron chi connectivity index (χ4n) is 0.826. The van der Waals surface area contributed by atoms with Crippen molar-refractivity contribution in [3.05, 3.63) is 0 Å². The third-order valence-corrected chi connectivity index (χ3v) is 5.58. The van der Waals surface area contributed by atoms with E-state index in [0.717, 1.165) is 0 Å². The first-order valence-corrected chi connectivity index (χ1v) is 8.18. The minimum atomic E-state index is -2.57. The number of hydrogen-bond acceptors (Lipinski definition) is 6. The maximum atomic E-state index is 11.8. The van der Waals surface area contributed by atoms with Crippen molar-refractivity contribution in [2.45, 2.75) is 0 Å². The van der Waals surface area contributed by atoms with E-state index >= 15 is 0 Å². The topological polar surface area (TPSA) is 90.6 Å². The molecule has 0 aliphatic carbocycles. The molecule has 1 fully saturated rings. The standard InChI is InChI=1S/C5H13N2O4PSe/c6-1-2-7-3-12(8)4-10-13(9)11-5-12/h7H,1-6H2. The van der Waals surface area contributed by atoms with E-state index in [1.54, 1.807) is 0 Å². The molecule has 0 spiro atoms. The van der Waals surface area contributed by atoms with Crippen LogP contribution in [0.5, 0.6) is 0 Å². The van der Waals surface area contributed by atoms with Crippen LogP contribution in [0.2, 0.25) is 0 Å². The molecule has 1 aliphatic rings. The van der Waals surface area contributed by atoms with Crippen LogP contribution in [0.3, 0.4) is 0 Å². The van der Waals surface area contributed by atoms with Crippen LogP contribution in [-0.2, 0) is 16.0 Å². The number of nitrogens with two attached hydrogens (primary N) is 1. The molecule has 0 aromatic heterocycles. The predicted octanol–water partition coefficient (Wildman–Crippen LogP) is -0.768. The van der Waals surface area contributed by atoms with Gasteiger partial charge in [0.05, 0.1) is 0 Å². The molecule has 6 nitrogen and oxygen atoms in total. The van der Waals surface area contributed by atoms with Crippen molar-refractivity contribution in [1.29, 1.82) is 0 Å². The number of nitrogens with one attached hydrogen (secondary N) is 1. The van der Waals surface area contributed by atoms with Crippen molar-refractivity contribution in [2.75, 3.05) is 32.1 Å². The second-order valence-electron chi connectivity index (χ2n) is 2.70. The van der Waals surface area contributed by atoms with E-state index in [1.165, 1.54) is 0 Å². The second kappa shape index (κ2) is 5.31. The quantitative estimate of drug-likeness (QED) is 0.398. The second-order valence-corrected chi connectivity index (χ2v) is 7.50. The van der Waals surface area contributed by atoms with Crippen molar-refractivity contribution >= 4 is 21.6 Å². The van der Waals surface area contributed by atoms with E-state index in [1.807, 2.05) is 0 Å². The Hall–Kier alpha value is 0.389. The summed E-state index contributed by atoms with van der Waals surface area (Å²) in [6.45, 7) is 1.11. The Balaban J connectivity index is 2.30. The van der Waals surface area contributed by atoms with Gasteiger partial charge in [-0.05, 0) is 0 Å². The zero-order valence-corrected chi connectivity index (χ0v) is 9.71. The molecule has 13 heavy (non-hydrogen) atoms. The van der Waals surface area contributed by atoms with Crippen LogP contribution in [0.4, 0.5) is 0 Å². The van der Waals surface area contributed by atoms with Crippen LogP contribution in [0, 0.1) is 0 Å². The van der Waals surface area contributed by atoms with Crippen molar-refractivity contribution in [1.82, 2.24) is 5.32 Å².